The summed E-state index contributed by atoms with van der Waals surface area (Å²) < 4.78 is 0. The van der Waals surface area contributed by atoms with Crippen LogP contribution in [0.5, 0.6) is 0 Å². The Bertz CT molecular complexity index is 460. The third-order valence-electron chi connectivity index (χ3n) is 4.35. The van der Waals surface area contributed by atoms with Gasteiger partial charge in [-0.15, -0.1) is 0 Å². The van der Waals surface area contributed by atoms with Crippen LogP contribution in [-0.4, -0.2) is 6.04 Å². The van der Waals surface area contributed by atoms with Crippen molar-refractivity contribution in [3.05, 3.63) is 35.4 Å². The Kier molecular flexibility index (Phi) is 2.05. The fourth-order valence-corrected chi connectivity index (χ4v) is 3.32. The van der Waals surface area contributed by atoms with Crippen LogP contribution in [0.4, 0.5) is 0 Å². The van der Waals surface area contributed by atoms with E-state index in [9.17, 15) is 0 Å². The molecule has 3 rings (SSSR count). The molecule has 1 aromatic carbocycles. The number of hydrogen-bond donors (Lipinski definition) is 1. The van der Waals surface area contributed by atoms with Gasteiger partial charge < -0.3 is 5.73 Å². The maximum Gasteiger partial charge on any atom is 0.0991 e. The van der Waals surface area contributed by atoms with Crippen molar-refractivity contribution in [2.45, 2.75) is 37.1 Å². The van der Waals surface area contributed by atoms with Gasteiger partial charge in [-0.05, 0) is 54.7 Å². The first-order valence-corrected chi connectivity index (χ1v) is 6.01. The van der Waals surface area contributed by atoms with Gasteiger partial charge in [-0.2, -0.15) is 5.26 Å². The van der Waals surface area contributed by atoms with E-state index in [0.29, 0.717) is 11.5 Å². The van der Waals surface area contributed by atoms with Gasteiger partial charge in [-0.1, -0.05) is 12.1 Å². The van der Waals surface area contributed by atoms with Crippen molar-refractivity contribution in [2.75, 3.05) is 0 Å². The maximum absolute atomic E-state index is 8.93. The third kappa shape index (κ3) is 1.36. The number of nitrogens with zero attached hydrogens (tertiary/aromatic N) is 1. The molecule has 0 bridgehead atoms. The van der Waals surface area contributed by atoms with Crippen LogP contribution in [0.2, 0.25) is 0 Å². The standard InChI is InChI=1S/C14H16N2/c15-9-10-2-1-3-11(6-10)14-5-4-13(16)7-12(14)8-14/h1-3,6,12-13H,4-5,7-8,16H2. The normalized spacial score (nSPS) is 36.2. The Labute approximate surface area is 96.1 Å². The van der Waals surface area contributed by atoms with Crippen LogP contribution in [0.3, 0.4) is 0 Å². The molecule has 2 fully saturated rings. The van der Waals surface area contributed by atoms with Crippen molar-refractivity contribution in [2.24, 2.45) is 11.7 Å². The van der Waals surface area contributed by atoms with Crippen molar-refractivity contribution >= 4 is 0 Å². The average molecular weight is 212 g/mol. The zero-order valence-corrected chi connectivity index (χ0v) is 9.32. The molecule has 0 spiro atoms. The lowest BCUT2D eigenvalue weighted by Crippen LogP contribution is -2.29. The average Bonchev–Trinajstić information content (AvgIpc) is 3.04. The number of rotatable bonds is 1. The van der Waals surface area contributed by atoms with E-state index < -0.39 is 0 Å². The van der Waals surface area contributed by atoms with Crippen LogP contribution in [0, 0.1) is 17.2 Å². The van der Waals surface area contributed by atoms with E-state index in [4.69, 9.17) is 11.0 Å². The summed E-state index contributed by atoms with van der Waals surface area (Å²) in [5.74, 6) is 0.769. The number of nitriles is 1. The summed E-state index contributed by atoms with van der Waals surface area (Å²) in [6, 6.07) is 10.8. The van der Waals surface area contributed by atoms with E-state index in [-0.39, 0.29) is 0 Å². The van der Waals surface area contributed by atoms with E-state index >= 15 is 0 Å². The van der Waals surface area contributed by atoms with Crippen LogP contribution < -0.4 is 5.73 Å². The third-order valence-corrected chi connectivity index (χ3v) is 4.35. The fraction of sp³-hybridized carbons (Fsp3) is 0.500. The molecule has 2 heteroatoms. The molecule has 0 amide bonds. The highest BCUT2D eigenvalue weighted by Gasteiger charge is 2.56. The van der Waals surface area contributed by atoms with E-state index in [0.717, 1.165) is 24.3 Å². The second-order valence-electron chi connectivity index (χ2n) is 5.28. The van der Waals surface area contributed by atoms with Gasteiger partial charge in [-0.3, -0.25) is 0 Å². The number of fused-ring (bicyclic) bond motifs is 1. The lowest BCUT2D eigenvalue weighted by molar-refractivity contribution is 0.383. The molecule has 0 aliphatic heterocycles. The summed E-state index contributed by atoms with van der Waals surface area (Å²) in [5.41, 5.74) is 8.52. The molecular formula is C14H16N2. The van der Waals surface area contributed by atoms with Crippen molar-refractivity contribution in [1.29, 1.82) is 5.26 Å². The molecule has 82 valence electrons. The Morgan fingerprint density at radius 2 is 2.31 bits per heavy atom. The largest absolute Gasteiger partial charge is 0.328 e. The molecule has 0 aromatic heterocycles. The first kappa shape index (κ1) is 9.86. The van der Waals surface area contributed by atoms with Crippen molar-refractivity contribution in [3.63, 3.8) is 0 Å². The topological polar surface area (TPSA) is 49.8 Å². The van der Waals surface area contributed by atoms with Crippen molar-refractivity contribution in [3.8, 4) is 6.07 Å². The fourth-order valence-electron chi connectivity index (χ4n) is 3.32. The quantitative estimate of drug-likeness (QED) is 0.776. The number of nitrogens with two attached hydrogens (primary N) is 1. The smallest absolute Gasteiger partial charge is 0.0991 e. The molecule has 2 N–H and O–H groups in total. The van der Waals surface area contributed by atoms with Crippen LogP contribution in [-0.2, 0) is 5.41 Å². The molecular weight excluding hydrogens is 196 g/mol. The van der Waals surface area contributed by atoms with Crippen LogP contribution in [0.15, 0.2) is 24.3 Å². The molecule has 16 heavy (non-hydrogen) atoms. The van der Waals surface area contributed by atoms with Gasteiger partial charge in [0.2, 0.25) is 0 Å². The lowest BCUT2D eigenvalue weighted by Gasteiger charge is -2.26. The van der Waals surface area contributed by atoms with E-state index in [1.54, 1.807) is 0 Å². The molecule has 2 nitrogen and oxygen atoms in total. The molecule has 3 atom stereocenters. The predicted octanol–water partition coefficient (Wildman–Crippen LogP) is 2.33. The highest BCUT2D eigenvalue weighted by Crippen LogP contribution is 2.62. The summed E-state index contributed by atoms with van der Waals surface area (Å²) in [6.45, 7) is 0. The summed E-state index contributed by atoms with van der Waals surface area (Å²) in [5, 5.41) is 8.93. The summed E-state index contributed by atoms with van der Waals surface area (Å²) in [4.78, 5) is 0. The molecule has 1 aromatic rings. The SMILES string of the molecule is N#Cc1cccc(C23CCC(N)CC2C3)c1. The zero-order valence-electron chi connectivity index (χ0n) is 9.32. The minimum absolute atomic E-state index is 0.378. The predicted molar refractivity (Wildman–Crippen MR) is 62.8 cm³/mol. The summed E-state index contributed by atoms with van der Waals surface area (Å²) in [6.07, 6.45) is 4.77. The monoisotopic (exact) mass is 212 g/mol. The Morgan fingerprint density at radius 3 is 3.06 bits per heavy atom. The van der Waals surface area contributed by atoms with Crippen LogP contribution in [0.25, 0.3) is 0 Å². The van der Waals surface area contributed by atoms with Crippen LogP contribution >= 0.6 is 0 Å². The van der Waals surface area contributed by atoms with Crippen LogP contribution in [0.1, 0.15) is 36.8 Å². The Balaban J connectivity index is 1.91. The first-order valence-electron chi connectivity index (χ1n) is 6.01. The van der Waals surface area contributed by atoms with Gasteiger partial charge in [0, 0.05) is 6.04 Å². The zero-order chi connectivity index (χ0) is 11.2. The first-order chi connectivity index (χ1) is 7.74. The molecule has 2 saturated carbocycles. The molecule has 0 heterocycles. The highest BCUT2D eigenvalue weighted by atomic mass is 14.7. The van der Waals surface area contributed by atoms with Crippen molar-refractivity contribution < 1.29 is 0 Å². The molecule has 0 radical (unpaired) electrons. The molecule has 0 saturated heterocycles. The van der Waals surface area contributed by atoms with Gasteiger partial charge in [-0.25, -0.2) is 0 Å². The molecule has 2 aliphatic rings. The van der Waals surface area contributed by atoms with E-state index in [1.165, 1.54) is 18.4 Å². The second kappa shape index (κ2) is 3.33. The van der Waals surface area contributed by atoms with Gasteiger partial charge >= 0.3 is 0 Å². The van der Waals surface area contributed by atoms with Gasteiger partial charge in [0.15, 0.2) is 0 Å². The van der Waals surface area contributed by atoms with Gasteiger partial charge in [0.05, 0.1) is 11.6 Å². The van der Waals surface area contributed by atoms with Crippen molar-refractivity contribution in [1.82, 2.24) is 0 Å². The Morgan fingerprint density at radius 1 is 1.44 bits per heavy atom. The highest BCUT2D eigenvalue weighted by molar-refractivity contribution is 5.41. The van der Waals surface area contributed by atoms with E-state index in [2.05, 4.69) is 18.2 Å². The Hall–Kier alpha value is -1.33. The minimum atomic E-state index is 0.378. The summed E-state index contributed by atoms with van der Waals surface area (Å²) >= 11 is 0. The molecule has 3 unspecified atom stereocenters. The number of hydrogen-bond acceptors (Lipinski definition) is 2. The molecule has 2 aliphatic carbocycles. The van der Waals surface area contributed by atoms with E-state index in [1.807, 2.05) is 12.1 Å². The second-order valence-corrected chi connectivity index (χ2v) is 5.28. The lowest BCUT2D eigenvalue weighted by atomic mass is 9.80. The van der Waals surface area contributed by atoms with Gasteiger partial charge in [0.1, 0.15) is 0 Å². The van der Waals surface area contributed by atoms with Gasteiger partial charge in [0.25, 0.3) is 0 Å². The summed E-state index contributed by atoms with van der Waals surface area (Å²) in [7, 11) is 0. The maximum atomic E-state index is 8.93. The number of benzene rings is 1. The minimum Gasteiger partial charge on any atom is -0.328 e.